The van der Waals surface area contributed by atoms with Gasteiger partial charge < -0.3 is 15.7 Å². The zero-order valence-electron chi connectivity index (χ0n) is 11.7. The van der Waals surface area contributed by atoms with Gasteiger partial charge in [0.15, 0.2) is 0 Å². The quantitative estimate of drug-likeness (QED) is 0.630. The van der Waals surface area contributed by atoms with Crippen LogP contribution in [0, 0.1) is 5.92 Å². The summed E-state index contributed by atoms with van der Waals surface area (Å²) in [6, 6.07) is -0.992. The number of carbonyl (C=O) groups excluding carboxylic acids is 1. The van der Waals surface area contributed by atoms with Crippen molar-refractivity contribution < 1.29 is 14.7 Å². The number of carboxylic acid groups (broad SMARTS) is 1. The summed E-state index contributed by atoms with van der Waals surface area (Å²) in [6.07, 6.45) is 0.827. The minimum Gasteiger partial charge on any atom is -0.480 e. The molecule has 0 bridgehead atoms. The Balaban J connectivity index is 2.62. The summed E-state index contributed by atoms with van der Waals surface area (Å²) in [6.45, 7) is 5.38. The molecule has 2 amide bonds. The molecule has 0 aromatic rings. The molecule has 3 N–H and O–H groups in total. The summed E-state index contributed by atoms with van der Waals surface area (Å²) in [4.78, 5) is 24.9. The molecule has 0 aromatic heterocycles. The van der Waals surface area contributed by atoms with Gasteiger partial charge in [0.25, 0.3) is 0 Å². The fourth-order valence-corrected chi connectivity index (χ4v) is 3.51. The molecule has 1 fully saturated rings. The van der Waals surface area contributed by atoms with Crippen molar-refractivity contribution in [3.05, 3.63) is 0 Å². The molecule has 1 rings (SSSR count). The molecular weight excluding hydrogens is 266 g/mol. The molecular formula is C12H23N3O3S. The van der Waals surface area contributed by atoms with E-state index in [-0.39, 0.29) is 17.3 Å². The highest BCUT2D eigenvalue weighted by Gasteiger charge is 2.42. The summed E-state index contributed by atoms with van der Waals surface area (Å²) in [5.74, 6) is -0.235. The van der Waals surface area contributed by atoms with Gasteiger partial charge in [0, 0.05) is 12.3 Å². The molecule has 0 saturated carbocycles. The van der Waals surface area contributed by atoms with Gasteiger partial charge >= 0.3 is 12.0 Å². The maximum atomic E-state index is 12.2. The Morgan fingerprint density at radius 3 is 2.63 bits per heavy atom. The molecule has 2 atom stereocenters. The van der Waals surface area contributed by atoms with Crippen molar-refractivity contribution in [1.29, 1.82) is 0 Å². The lowest BCUT2D eigenvalue weighted by molar-refractivity contribution is -0.141. The molecule has 0 radical (unpaired) electrons. The van der Waals surface area contributed by atoms with E-state index in [2.05, 4.69) is 10.6 Å². The molecule has 1 aliphatic heterocycles. The van der Waals surface area contributed by atoms with E-state index in [0.29, 0.717) is 12.3 Å². The predicted octanol–water partition coefficient (Wildman–Crippen LogP) is 0.790. The van der Waals surface area contributed by atoms with Crippen LogP contribution in [0.2, 0.25) is 0 Å². The van der Waals surface area contributed by atoms with Crippen molar-refractivity contribution >= 4 is 23.8 Å². The smallest absolute Gasteiger partial charge is 0.327 e. The van der Waals surface area contributed by atoms with Crippen molar-refractivity contribution in [2.75, 3.05) is 25.9 Å². The number of carbonyl (C=O) groups is 2. The summed E-state index contributed by atoms with van der Waals surface area (Å²) >= 11 is 1.54. The second-order valence-corrected chi connectivity index (χ2v) is 6.07. The second-order valence-electron chi connectivity index (χ2n) is 4.92. The zero-order valence-corrected chi connectivity index (χ0v) is 12.5. The minimum absolute atomic E-state index is 0.0644. The Labute approximate surface area is 118 Å². The first-order valence-electron chi connectivity index (χ1n) is 6.54. The number of rotatable bonds is 6. The monoisotopic (exact) mass is 289 g/mol. The van der Waals surface area contributed by atoms with E-state index in [1.54, 1.807) is 0 Å². The summed E-state index contributed by atoms with van der Waals surface area (Å²) in [5.41, 5.74) is 0. The van der Waals surface area contributed by atoms with Crippen LogP contribution < -0.4 is 10.6 Å². The molecule has 110 valence electrons. The van der Waals surface area contributed by atoms with Gasteiger partial charge in [-0.3, -0.25) is 4.90 Å². The van der Waals surface area contributed by atoms with Gasteiger partial charge in [0.2, 0.25) is 0 Å². The number of nitrogens with zero attached hydrogens (tertiary/aromatic N) is 1. The van der Waals surface area contributed by atoms with Crippen LogP contribution in [-0.2, 0) is 4.79 Å². The van der Waals surface area contributed by atoms with Crippen LogP contribution in [0.5, 0.6) is 0 Å². The maximum Gasteiger partial charge on any atom is 0.327 e. The van der Waals surface area contributed by atoms with Crippen LogP contribution in [0.3, 0.4) is 0 Å². The van der Waals surface area contributed by atoms with Gasteiger partial charge in [-0.25, -0.2) is 9.59 Å². The SMILES string of the molecule is CNCCCNC(=O)N1C(C(=O)O)CSC1C(C)C. The Kier molecular flexibility index (Phi) is 6.44. The van der Waals surface area contributed by atoms with E-state index in [4.69, 9.17) is 0 Å². The van der Waals surface area contributed by atoms with Gasteiger partial charge in [-0.05, 0) is 25.9 Å². The number of hydrogen-bond donors (Lipinski definition) is 3. The van der Waals surface area contributed by atoms with Gasteiger partial charge in [0.1, 0.15) is 6.04 Å². The van der Waals surface area contributed by atoms with Crippen molar-refractivity contribution in [3.63, 3.8) is 0 Å². The highest BCUT2D eigenvalue weighted by Crippen LogP contribution is 2.33. The lowest BCUT2D eigenvalue weighted by Crippen LogP contribution is -2.51. The number of urea groups is 1. The molecule has 0 spiro atoms. The first-order chi connectivity index (χ1) is 8.99. The minimum atomic E-state index is -0.930. The predicted molar refractivity (Wildman–Crippen MR) is 76.3 cm³/mol. The molecule has 1 heterocycles. The Hall–Kier alpha value is -0.950. The number of thioether (sulfide) groups is 1. The topological polar surface area (TPSA) is 81.7 Å². The van der Waals surface area contributed by atoms with Crippen molar-refractivity contribution in [2.45, 2.75) is 31.7 Å². The first kappa shape index (κ1) is 16.1. The Bertz CT molecular complexity index is 325. The number of amides is 2. The molecule has 1 saturated heterocycles. The summed E-state index contributed by atoms with van der Waals surface area (Å²) < 4.78 is 0. The number of hydrogen-bond acceptors (Lipinski definition) is 4. The van der Waals surface area contributed by atoms with Crippen molar-refractivity contribution in [2.24, 2.45) is 5.92 Å². The number of aliphatic carboxylic acids is 1. The van der Waals surface area contributed by atoms with Crippen LogP contribution in [-0.4, -0.2) is 59.3 Å². The maximum absolute atomic E-state index is 12.2. The van der Waals surface area contributed by atoms with Crippen LogP contribution in [0.4, 0.5) is 4.79 Å². The van der Waals surface area contributed by atoms with E-state index >= 15 is 0 Å². The summed E-state index contributed by atoms with van der Waals surface area (Å²) in [7, 11) is 1.86. The highest BCUT2D eigenvalue weighted by molar-refractivity contribution is 8.00. The van der Waals surface area contributed by atoms with Gasteiger partial charge in [-0.2, -0.15) is 0 Å². The van der Waals surface area contributed by atoms with Crippen LogP contribution in [0.1, 0.15) is 20.3 Å². The largest absolute Gasteiger partial charge is 0.480 e. The summed E-state index contributed by atoms with van der Waals surface area (Å²) in [5, 5.41) is 14.9. The fourth-order valence-electron chi connectivity index (χ4n) is 2.04. The van der Waals surface area contributed by atoms with Crippen molar-refractivity contribution in [3.8, 4) is 0 Å². The van der Waals surface area contributed by atoms with E-state index in [1.165, 1.54) is 16.7 Å². The fraction of sp³-hybridized carbons (Fsp3) is 0.833. The Morgan fingerprint density at radius 1 is 1.42 bits per heavy atom. The molecule has 0 aromatic carbocycles. The molecule has 2 unspecified atom stereocenters. The van der Waals surface area contributed by atoms with E-state index < -0.39 is 12.0 Å². The molecule has 1 aliphatic rings. The molecule has 6 nitrogen and oxygen atoms in total. The van der Waals surface area contributed by atoms with E-state index in [9.17, 15) is 14.7 Å². The normalized spacial score (nSPS) is 22.8. The molecule has 7 heteroatoms. The van der Waals surface area contributed by atoms with Gasteiger partial charge in [-0.15, -0.1) is 11.8 Å². The lowest BCUT2D eigenvalue weighted by atomic mass is 10.2. The van der Waals surface area contributed by atoms with E-state index in [0.717, 1.165) is 13.0 Å². The third-order valence-electron chi connectivity index (χ3n) is 3.00. The average molecular weight is 289 g/mol. The third kappa shape index (κ3) is 4.28. The molecule has 0 aliphatic carbocycles. The van der Waals surface area contributed by atoms with E-state index in [1.807, 2.05) is 20.9 Å². The second kappa shape index (κ2) is 7.59. The lowest BCUT2D eigenvalue weighted by Gasteiger charge is -2.29. The highest BCUT2D eigenvalue weighted by atomic mass is 32.2. The number of nitrogens with one attached hydrogen (secondary N) is 2. The average Bonchev–Trinajstić information content (AvgIpc) is 2.79. The zero-order chi connectivity index (χ0) is 14.4. The Morgan fingerprint density at radius 2 is 2.11 bits per heavy atom. The number of carboxylic acids is 1. The van der Waals surface area contributed by atoms with Gasteiger partial charge in [0.05, 0.1) is 5.37 Å². The standard InChI is InChI=1S/C12H23N3O3S/c1-8(2)10-15(9(7-19-10)11(16)17)12(18)14-6-4-5-13-3/h8-10,13H,4-7H2,1-3H3,(H,14,18)(H,16,17). The van der Waals surface area contributed by atoms with Gasteiger partial charge in [-0.1, -0.05) is 13.8 Å². The molecule has 19 heavy (non-hydrogen) atoms. The van der Waals surface area contributed by atoms with Crippen molar-refractivity contribution in [1.82, 2.24) is 15.5 Å². The van der Waals surface area contributed by atoms with Crippen LogP contribution >= 0.6 is 11.8 Å². The van der Waals surface area contributed by atoms with Crippen LogP contribution in [0.25, 0.3) is 0 Å². The van der Waals surface area contributed by atoms with Crippen LogP contribution in [0.15, 0.2) is 0 Å². The third-order valence-corrected chi connectivity index (χ3v) is 4.63. The first-order valence-corrected chi connectivity index (χ1v) is 7.59.